The molecule has 22 heavy (non-hydrogen) atoms. The summed E-state index contributed by atoms with van der Waals surface area (Å²) in [6, 6.07) is 16.0. The Hall–Kier alpha value is -2.29. The van der Waals surface area contributed by atoms with Gasteiger partial charge in [-0.15, -0.1) is 0 Å². The molecule has 3 heteroatoms. The summed E-state index contributed by atoms with van der Waals surface area (Å²) in [5.41, 5.74) is 3.12. The second-order valence-corrected chi connectivity index (χ2v) is 5.80. The molecule has 0 aromatic heterocycles. The monoisotopic (exact) mass is 295 g/mol. The van der Waals surface area contributed by atoms with Gasteiger partial charge in [0.25, 0.3) is 5.91 Å². The number of hydrogen-bond donors (Lipinski definition) is 0. The van der Waals surface area contributed by atoms with Crippen LogP contribution in [0.2, 0.25) is 0 Å². The molecule has 1 saturated heterocycles. The maximum atomic E-state index is 12.8. The Labute approximate surface area is 131 Å². The Morgan fingerprint density at radius 3 is 2.41 bits per heavy atom. The number of aryl methyl sites for hydroxylation is 1. The second kappa shape index (κ2) is 6.22. The van der Waals surface area contributed by atoms with E-state index in [-0.39, 0.29) is 11.9 Å². The van der Waals surface area contributed by atoms with Crippen molar-refractivity contribution >= 4 is 5.91 Å². The average molecular weight is 295 g/mol. The van der Waals surface area contributed by atoms with E-state index in [0.717, 1.165) is 30.7 Å². The first-order valence-corrected chi connectivity index (χ1v) is 7.70. The normalized spacial score (nSPS) is 17.5. The van der Waals surface area contributed by atoms with E-state index >= 15 is 0 Å². The number of carbonyl (C=O) groups is 1. The summed E-state index contributed by atoms with van der Waals surface area (Å²) in [4.78, 5) is 14.8. The van der Waals surface area contributed by atoms with Gasteiger partial charge in [0, 0.05) is 12.1 Å². The van der Waals surface area contributed by atoms with Gasteiger partial charge in [-0.05, 0) is 49.6 Å². The average Bonchev–Trinajstić information content (AvgIpc) is 3.04. The van der Waals surface area contributed by atoms with Gasteiger partial charge in [0.05, 0.1) is 13.2 Å². The molecule has 1 atom stereocenters. The summed E-state index contributed by atoms with van der Waals surface area (Å²) in [5.74, 6) is 0.969. The highest BCUT2D eigenvalue weighted by molar-refractivity contribution is 5.94. The van der Waals surface area contributed by atoms with Crippen molar-refractivity contribution in [1.82, 2.24) is 4.90 Å². The second-order valence-electron chi connectivity index (χ2n) is 5.80. The Balaban J connectivity index is 1.82. The molecular formula is C19H21NO2. The van der Waals surface area contributed by atoms with Gasteiger partial charge >= 0.3 is 0 Å². The molecule has 2 aromatic rings. The van der Waals surface area contributed by atoms with Crippen molar-refractivity contribution in [3.05, 3.63) is 65.2 Å². The van der Waals surface area contributed by atoms with Gasteiger partial charge in [0.15, 0.2) is 0 Å². The molecule has 0 spiro atoms. The zero-order valence-corrected chi connectivity index (χ0v) is 13.1. The fourth-order valence-corrected chi connectivity index (χ4v) is 3.04. The number of nitrogens with zero attached hydrogens (tertiary/aromatic N) is 1. The van der Waals surface area contributed by atoms with Crippen LogP contribution in [0.1, 0.15) is 40.4 Å². The summed E-state index contributed by atoms with van der Waals surface area (Å²) in [6.45, 7) is 2.85. The van der Waals surface area contributed by atoms with E-state index in [0.29, 0.717) is 0 Å². The zero-order chi connectivity index (χ0) is 15.5. The van der Waals surface area contributed by atoms with Gasteiger partial charge < -0.3 is 9.64 Å². The smallest absolute Gasteiger partial charge is 0.254 e. The maximum Gasteiger partial charge on any atom is 0.254 e. The molecule has 0 unspecified atom stereocenters. The quantitative estimate of drug-likeness (QED) is 0.857. The fraction of sp³-hybridized carbons (Fsp3) is 0.316. The SMILES string of the molecule is COc1ccc([C@@H]2CCCN2C(=O)c2ccc(C)cc2)cc1. The maximum absolute atomic E-state index is 12.8. The Bertz CT molecular complexity index is 646. The van der Waals surface area contributed by atoms with Crippen molar-refractivity contribution < 1.29 is 9.53 Å². The van der Waals surface area contributed by atoms with E-state index in [2.05, 4.69) is 12.1 Å². The summed E-state index contributed by atoms with van der Waals surface area (Å²) >= 11 is 0. The molecule has 114 valence electrons. The first-order chi connectivity index (χ1) is 10.7. The number of methoxy groups -OCH3 is 1. The van der Waals surface area contributed by atoms with Gasteiger partial charge in [-0.25, -0.2) is 0 Å². The van der Waals surface area contributed by atoms with Crippen molar-refractivity contribution in [3.63, 3.8) is 0 Å². The lowest BCUT2D eigenvalue weighted by atomic mass is 10.0. The summed E-state index contributed by atoms with van der Waals surface area (Å²) < 4.78 is 5.21. The van der Waals surface area contributed by atoms with Crippen molar-refractivity contribution in [2.75, 3.05) is 13.7 Å². The van der Waals surface area contributed by atoms with Crippen LogP contribution in [0.4, 0.5) is 0 Å². The summed E-state index contributed by atoms with van der Waals surface area (Å²) in [7, 11) is 1.66. The molecule has 1 aliphatic rings. The predicted octanol–water partition coefficient (Wildman–Crippen LogP) is 3.98. The van der Waals surface area contributed by atoms with Crippen LogP contribution in [0.15, 0.2) is 48.5 Å². The summed E-state index contributed by atoms with van der Waals surface area (Å²) in [5, 5.41) is 0. The number of hydrogen-bond acceptors (Lipinski definition) is 2. The highest BCUT2D eigenvalue weighted by Crippen LogP contribution is 2.33. The lowest BCUT2D eigenvalue weighted by Gasteiger charge is -2.25. The largest absolute Gasteiger partial charge is 0.497 e. The third kappa shape index (κ3) is 2.84. The summed E-state index contributed by atoms with van der Waals surface area (Å²) in [6.07, 6.45) is 2.07. The number of carbonyl (C=O) groups excluding carboxylic acids is 1. The minimum atomic E-state index is 0.123. The minimum Gasteiger partial charge on any atom is -0.497 e. The van der Waals surface area contributed by atoms with E-state index in [9.17, 15) is 4.79 Å². The number of ether oxygens (including phenoxy) is 1. The minimum absolute atomic E-state index is 0.123. The van der Waals surface area contributed by atoms with Crippen LogP contribution in [0.5, 0.6) is 5.75 Å². The van der Waals surface area contributed by atoms with E-state index in [1.807, 2.05) is 48.2 Å². The van der Waals surface area contributed by atoms with Crippen LogP contribution in [0, 0.1) is 6.92 Å². The number of rotatable bonds is 3. The van der Waals surface area contributed by atoms with Gasteiger partial charge in [-0.2, -0.15) is 0 Å². The van der Waals surface area contributed by atoms with Crippen molar-refractivity contribution in [2.45, 2.75) is 25.8 Å². The Morgan fingerprint density at radius 2 is 1.77 bits per heavy atom. The molecule has 0 radical (unpaired) electrons. The molecule has 1 aliphatic heterocycles. The molecule has 0 aliphatic carbocycles. The van der Waals surface area contributed by atoms with Crippen LogP contribution < -0.4 is 4.74 Å². The van der Waals surface area contributed by atoms with Crippen LogP contribution in [-0.4, -0.2) is 24.5 Å². The number of likely N-dealkylation sites (tertiary alicyclic amines) is 1. The van der Waals surface area contributed by atoms with Crippen molar-refractivity contribution in [3.8, 4) is 5.75 Å². The Kier molecular flexibility index (Phi) is 4.14. The highest BCUT2D eigenvalue weighted by Gasteiger charge is 2.30. The van der Waals surface area contributed by atoms with E-state index in [1.54, 1.807) is 7.11 Å². The van der Waals surface area contributed by atoms with Crippen LogP contribution in [0.25, 0.3) is 0 Å². The molecule has 2 aromatic carbocycles. The molecule has 1 heterocycles. The lowest BCUT2D eigenvalue weighted by Crippen LogP contribution is -2.30. The predicted molar refractivity (Wildman–Crippen MR) is 87.2 cm³/mol. The van der Waals surface area contributed by atoms with Crippen LogP contribution in [0.3, 0.4) is 0 Å². The van der Waals surface area contributed by atoms with Gasteiger partial charge in [0.1, 0.15) is 5.75 Å². The molecule has 0 saturated carbocycles. The van der Waals surface area contributed by atoms with Crippen LogP contribution in [-0.2, 0) is 0 Å². The molecule has 1 amide bonds. The first-order valence-electron chi connectivity index (χ1n) is 7.70. The van der Waals surface area contributed by atoms with Gasteiger partial charge in [-0.3, -0.25) is 4.79 Å². The molecule has 3 nitrogen and oxygen atoms in total. The van der Waals surface area contributed by atoms with Gasteiger partial charge in [0.2, 0.25) is 0 Å². The molecule has 0 bridgehead atoms. The van der Waals surface area contributed by atoms with Gasteiger partial charge in [-0.1, -0.05) is 29.8 Å². The zero-order valence-electron chi connectivity index (χ0n) is 13.1. The van der Waals surface area contributed by atoms with Crippen LogP contribution >= 0.6 is 0 Å². The first kappa shape index (κ1) is 14.6. The van der Waals surface area contributed by atoms with Crippen molar-refractivity contribution in [1.29, 1.82) is 0 Å². The third-order valence-corrected chi connectivity index (χ3v) is 4.31. The van der Waals surface area contributed by atoms with Crippen molar-refractivity contribution in [2.24, 2.45) is 0 Å². The Morgan fingerprint density at radius 1 is 1.09 bits per heavy atom. The molecule has 0 N–H and O–H groups in total. The molecule has 3 rings (SSSR count). The standard InChI is InChI=1S/C19H21NO2/c1-14-5-7-16(8-6-14)19(21)20-13-3-4-18(20)15-9-11-17(22-2)12-10-15/h5-12,18H,3-4,13H2,1-2H3/t18-/m0/s1. The van der Waals surface area contributed by atoms with E-state index in [1.165, 1.54) is 11.1 Å². The van der Waals surface area contributed by atoms with E-state index in [4.69, 9.17) is 4.74 Å². The lowest BCUT2D eigenvalue weighted by molar-refractivity contribution is 0.0735. The fourth-order valence-electron chi connectivity index (χ4n) is 3.04. The van der Waals surface area contributed by atoms with E-state index < -0.39 is 0 Å². The topological polar surface area (TPSA) is 29.5 Å². The number of amides is 1. The molecule has 1 fully saturated rings. The number of benzene rings is 2. The molecular weight excluding hydrogens is 274 g/mol. The highest BCUT2D eigenvalue weighted by atomic mass is 16.5. The third-order valence-electron chi connectivity index (χ3n) is 4.31.